The van der Waals surface area contributed by atoms with Gasteiger partial charge in [0, 0.05) is 17.1 Å². The fraction of sp³-hybridized carbons (Fsp3) is 0.500. The van der Waals surface area contributed by atoms with Crippen molar-refractivity contribution in [1.29, 1.82) is 0 Å². The zero-order valence-corrected chi connectivity index (χ0v) is 11.3. The average Bonchev–Trinajstić information content (AvgIpc) is 2.73. The van der Waals surface area contributed by atoms with Crippen molar-refractivity contribution in [1.82, 2.24) is 9.38 Å². The van der Waals surface area contributed by atoms with E-state index < -0.39 is 0 Å². The van der Waals surface area contributed by atoms with Crippen LogP contribution in [0, 0.1) is 0 Å². The van der Waals surface area contributed by atoms with E-state index in [0.29, 0.717) is 10.7 Å². The first kappa shape index (κ1) is 13.9. The second-order valence-electron chi connectivity index (χ2n) is 3.65. The number of aromatic nitrogens is 2. The predicted molar refractivity (Wildman–Crippen MR) is 70.6 cm³/mol. The lowest BCUT2D eigenvalue weighted by molar-refractivity contribution is 0.275. The van der Waals surface area contributed by atoms with Crippen LogP contribution in [0.15, 0.2) is 16.2 Å². The third-order valence-corrected chi connectivity index (χ3v) is 2.93. The van der Waals surface area contributed by atoms with Gasteiger partial charge in [0.2, 0.25) is 0 Å². The van der Waals surface area contributed by atoms with Crippen LogP contribution in [0.4, 0.5) is 0 Å². The summed E-state index contributed by atoms with van der Waals surface area (Å²) in [7, 11) is 0. The Hall–Kier alpha value is -1.20. The summed E-state index contributed by atoms with van der Waals surface area (Å²) < 4.78 is 1.45. The predicted octanol–water partition coefficient (Wildman–Crippen LogP) is 2.23. The Labute approximate surface area is 105 Å². The van der Waals surface area contributed by atoms with Gasteiger partial charge >= 0.3 is 0 Å². The van der Waals surface area contributed by atoms with Gasteiger partial charge in [0.25, 0.3) is 5.56 Å². The molecule has 94 valence electrons. The molecule has 17 heavy (non-hydrogen) atoms. The topological polar surface area (TPSA) is 54.6 Å². The highest BCUT2D eigenvalue weighted by Crippen LogP contribution is 2.12. The number of aryl methyl sites for hydroxylation is 1. The fourth-order valence-electron chi connectivity index (χ4n) is 1.31. The minimum atomic E-state index is -0.132. The van der Waals surface area contributed by atoms with Gasteiger partial charge in [-0.15, -0.1) is 11.3 Å². The molecule has 4 nitrogen and oxygen atoms in total. The summed E-state index contributed by atoms with van der Waals surface area (Å²) >= 11 is 1.37. The van der Waals surface area contributed by atoms with Crippen molar-refractivity contribution in [3.63, 3.8) is 0 Å². The van der Waals surface area contributed by atoms with Gasteiger partial charge in [0.15, 0.2) is 4.96 Å². The van der Waals surface area contributed by atoms with Crippen LogP contribution in [-0.4, -0.2) is 14.5 Å². The minimum absolute atomic E-state index is 0.114. The molecule has 0 atom stereocenters. The molecule has 0 aliphatic rings. The van der Waals surface area contributed by atoms with E-state index in [2.05, 4.69) is 18.8 Å². The zero-order valence-electron chi connectivity index (χ0n) is 10.4. The van der Waals surface area contributed by atoms with Crippen molar-refractivity contribution in [2.75, 3.05) is 0 Å². The van der Waals surface area contributed by atoms with Gasteiger partial charge in [-0.2, -0.15) is 0 Å². The van der Waals surface area contributed by atoms with E-state index in [4.69, 9.17) is 5.11 Å². The SMILES string of the molecule is CCC.CCc1cc(=O)n2c(CO)csc2n1. The molecular weight excluding hydrogens is 236 g/mol. The van der Waals surface area contributed by atoms with E-state index in [-0.39, 0.29) is 12.2 Å². The van der Waals surface area contributed by atoms with Crippen LogP contribution in [-0.2, 0) is 13.0 Å². The van der Waals surface area contributed by atoms with Crippen molar-refractivity contribution in [2.24, 2.45) is 0 Å². The third kappa shape index (κ3) is 3.14. The Balaban J connectivity index is 0.000000437. The largest absolute Gasteiger partial charge is 0.390 e. The lowest BCUT2D eigenvalue weighted by Gasteiger charge is -1.98. The molecule has 0 saturated heterocycles. The fourth-order valence-corrected chi connectivity index (χ4v) is 2.22. The van der Waals surface area contributed by atoms with E-state index in [1.54, 1.807) is 5.38 Å². The van der Waals surface area contributed by atoms with Crippen molar-refractivity contribution in [3.05, 3.63) is 33.2 Å². The Bertz CT molecular complexity index is 531. The van der Waals surface area contributed by atoms with Crippen LogP contribution in [0.1, 0.15) is 38.6 Å². The van der Waals surface area contributed by atoms with Gasteiger partial charge in [-0.1, -0.05) is 27.2 Å². The summed E-state index contributed by atoms with van der Waals surface area (Å²) in [5.41, 5.74) is 1.28. The third-order valence-electron chi connectivity index (χ3n) is 2.05. The van der Waals surface area contributed by atoms with Gasteiger partial charge in [-0.3, -0.25) is 9.20 Å². The van der Waals surface area contributed by atoms with E-state index in [0.717, 1.165) is 12.1 Å². The molecule has 0 amide bonds. The van der Waals surface area contributed by atoms with Gasteiger partial charge in [-0.25, -0.2) is 4.98 Å². The second-order valence-corrected chi connectivity index (χ2v) is 4.49. The van der Waals surface area contributed by atoms with E-state index in [1.165, 1.54) is 28.2 Å². The highest BCUT2D eigenvalue weighted by molar-refractivity contribution is 7.15. The minimum Gasteiger partial charge on any atom is -0.390 e. The lowest BCUT2D eigenvalue weighted by Crippen LogP contribution is -2.15. The number of aliphatic hydroxyl groups excluding tert-OH is 1. The van der Waals surface area contributed by atoms with Gasteiger partial charge < -0.3 is 5.11 Å². The molecule has 0 aromatic carbocycles. The van der Waals surface area contributed by atoms with Crippen LogP contribution < -0.4 is 5.56 Å². The van der Waals surface area contributed by atoms with E-state index in [1.807, 2.05) is 6.92 Å². The summed E-state index contributed by atoms with van der Waals surface area (Å²) in [6.07, 6.45) is 2.00. The Morgan fingerprint density at radius 1 is 1.41 bits per heavy atom. The molecule has 0 aliphatic heterocycles. The number of rotatable bonds is 2. The normalized spacial score (nSPS) is 10.1. The van der Waals surface area contributed by atoms with Crippen molar-refractivity contribution >= 4 is 16.3 Å². The van der Waals surface area contributed by atoms with Crippen LogP contribution in [0.3, 0.4) is 0 Å². The molecule has 2 aromatic rings. The molecule has 0 spiro atoms. The molecule has 0 saturated carbocycles. The van der Waals surface area contributed by atoms with Crippen LogP contribution in [0.5, 0.6) is 0 Å². The second kappa shape index (κ2) is 6.51. The monoisotopic (exact) mass is 254 g/mol. The van der Waals surface area contributed by atoms with Gasteiger partial charge in [0.1, 0.15) is 0 Å². The number of aliphatic hydroxyl groups is 1. The molecule has 2 rings (SSSR count). The number of nitrogens with zero attached hydrogens (tertiary/aromatic N) is 2. The standard InChI is InChI=1S/C9H10N2O2S.C3H8/c1-2-6-3-8(13)11-7(4-12)5-14-9(11)10-6;1-3-2/h3,5,12H,2,4H2,1H3;3H2,1-2H3. The van der Waals surface area contributed by atoms with Gasteiger partial charge in [-0.05, 0) is 6.42 Å². The molecule has 2 aromatic heterocycles. The van der Waals surface area contributed by atoms with Crippen LogP contribution in [0.25, 0.3) is 4.96 Å². The number of fused-ring (bicyclic) bond motifs is 1. The zero-order chi connectivity index (χ0) is 12.8. The highest BCUT2D eigenvalue weighted by atomic mass is 32.1. The van der Waals surface area contributed by atoms with Gasteiger partial charge in [0.05, 0.1) is 12.3 Å². The molecule has 5 heteroatoms. The molecule has 1 N–H and O–H groups in total. The first-order valence-corrected chi connectivity index (χ1v) is 6.65. The van der Waals surface area contributed by atoms with Crippen molar-refractivity contribution in [2.45, 2.75) is 40.2 Å². The molecular formula is C12H18N2O2S. The highest BCUT2D eigenvalue weighted by Gasteiger charge is 2.06. The Morgan fingerprint density at radius 3 is 2.59 bits per heavy atom. The molecule has 0 fully saturated rings. The summed E-state index contributed by atoms with van der Waals surface area (Å²) in [5, 5.41) is 10.7. The smallest absolute Gasteiger partial charge is 0.259 e. The average molecular weight is 254 g/mol. The number of thiazole rings is 1. The molecule has 0 unspecified atom stereocenters. The first-order chi connectivity index (χ1) is 8.17. The maximum absolute atomic E-state index is 11.6. The van der Waals surface area contributed by atoms with Crippen molar-refractivity contribution in [3.8, 4) is 0 Å². The summed E-state index contributed by atoms with van der Waals surface area (Å²) in [6.45, 7) is 6.08. The Kier molecular flexibility index (Phi) is 5.31. The molecule has 0 radical (unpaired) electrons. The molecule has 0 bridgehead atoms. The number of hydrogen-bond acceptors (Lipinski definition) is 4. The maximum atomic E-state index is 11.6. The number of hydrogen-bond donors (Lipinski definition) is 1. The summed E-state index contributed by atoms with van der Waals surface area (Å²) in [5.74, 6) is 0. The van der Waals surface area contributed by atoms with Crippen LogP contribution >= 0.6 is 11.3 Å². The lowest BCUT2D eigenvalue weighted by atomic mass is 10.3. The maximum Gasteiger partial charge on any atom is 0.259 e. The first-order valence-electron chi connectivity index (χ1n) is 5.77. The van der Waals surface area contributed by atoms with E-state index in [9.17, 15) is 4.79 Å². The quantitative estimate of drug-likeness (QED) is 0.894. The molecule has 2 heterocycles. The van der Waals surface area contributed by atoms with Crippen molar-refractivity contribution < 1.29 is 5.11 Å². The molecule has 0 aliphatic carbocycles. The van der Waals surface area contributed by atoms with E-state index >= 15 is 0 Å². The summed E-state index contributed by atoms with van der Waals surface area (Å²) in [6, 6.07) is 1.51. The summed E-state index contributed by atoms with van der Waals surface area (Å²) in [4.78, 5) is 16.6. The van der Waals surface area contributed by atoms with Crippen LogP contribution in [0.2, 0.25) is 0 Å². The Morgan fingerprint density at radius 2 is 2.06 bits per heavy atom.